The van der Waals surface area contributed by atoms with E-state index in [2.05, 4.69) is 9.88 Å². The van der Waals surface area contributed by atoms with Crippen molar-refractivity contribution in [3.05, 3.63) is 65.5 Å². The molecule has 6 nitrogen and oxygen atoms in total. The lowest BCUT2D eigenvalue weighted by Crippen LogP contribution is -2.52. The van der Waals surface area contributed by atoms with E-state index in [-0.39, 0.29) is 5.91 Å². The maximum absolute atomic E-state index is 12.8. The van der Waals surface area contributed by atoms with Crippen LogP contribution in [0.25, 0.3) is 0 Å². The van der Waals surface area contributed by atoms with E-state index in [4.69, 9.17) is 4.74 Å². The van der Waals surface area contributed by atoms with Crippen LogP contribution in [0.2, 0.25) is 0 Å². The van der Waals surface area contributed by atoms with Crippen LogP contribution in [0.3, 0.4) is 0 Å². The molecule has 0 N–H and O–H groups in total. The Hall–Kier alpha value is -2.73. The summed E-state index contributed by atoms with van der Waals surface area (Å²) >= 11 is 0. The van der Waals surface area contributed by atoms with E-state index in [0.717, 1.165) is 25.2 Å². The van der Waals surface area contributed by atoms with Crippen molar-refractivity contribution >= 4 is 11.9 Å². The molecule has 26 heavy (non-hydrogen) atoms. The van der Waals surface area contributed by atoms with Crippen LogP contribution in [0.4, 0.5) is 0 Å². The van der Waals surface area contributed by atoms with Crippen LogP contribution < -0.4 is 0 Å². The van der Waals surface area contributed by atoms with Crippen LogP contribution in [0.1, 0.15) is 21.5 Å². The summed E-state index contributed by atoms with van der Waals surface area (Å²) in [6.45, 7) is 3.78. The number of nitrogens with zero attached hydrogens (tertiary/aromatic N) is 3. The summed E-state index contributed by atoms with van der Waals surface area (Å²) in [6.07, 6.45) is 3.34. The van der Waals surface area contributed by atoms with Gasteiger partial charge in [-0.1, -0.05) is 18.2 Å². The van der Waals surface area contributed by atoms with Crippen molar-refractivity contribution in [1.29, 1.82) is 0 Å². The predicted molar refractivity (Wildman–Crippen MR) is 95.4 cm³/mol. The summed E-state index contributed by atoms with van der Waals surface area (Å²) < 4.78 is 5.40. The Bertz CT molecular complexity index is 801. The molecule has 0 spiro atoms. The number of ether oxygens (including phenoxy) is 1. The van der Waals surface area contributed by atoms with E-state index in [1.54, 1.807) is 18.5 Å². The van der Waals surface area contributed by atoms with Crippen LogP contribution in [-0.4, -0.2) is 58.9 Å². The third-order valence-corrected chi connectivity index (χ3v) is 5.01. The summed E-state index contributed by atoms with van der Waals surface area (Å²) in [7, 11) is 0. The molecule has 0 bridgehead atoms. The highest BCUT2D eigenvalue weighted by atomic mass is 16.5. The Morgan fingerprint density at radius 1 is 1.08 bits per heavy atom. The van der Waals surface area contributed by atoms with Gasteiger partial charge in [0.05, 0.1) is 5.56 Å². The Balaban J connectivity index is 1.35. The number of cyclic esters (lactones) is 1. The van der Waals surface area contributed by atoms with Crippen molar-refractivity contribution in [2.24, 2.45) is 0 Å². The minimum absolute atomic E-state index is 0.0867. The van der Waals surface area contributed by atoms with E-state index in [0.29, 0.717) is 25.1 Å². The summed E-state index contributed by atoms with van der Waals surface area (Å²) in [6, 6.07) is 11.4. The minimum Gasteiger partial charge on any atom is -0.448 e. The van der Waals surface area contributed by atoms with Gasteiger partial charge in [0.15, 0.2) is 6.10 Å². The summed E-state index contributed by atoms with van der Waals surface area (Å²) in [5.74, 6) is -0.488. The normalized spacial score (nSPS) is 20.4. The molecule has 3 heterocycles. The SMILES string of the molecule is O=C1OC(C(=O)N2CCN(Cc3ccncc3)CC2)Cc2ccccc21. The molecule has 1 amide bonds. The van der Waals surface area contributed by atoms with Gasteiger partial charge in [0.2, 0.25) is 0 Å². The number of benzene rings is 1. The third kappa shape index (κ3) is 3.46. The zero-order valence-corrected chi connectivity index (χ0v) is 14.5. The lowest BCUT2D eigenvalue weighted by molar-refractivity contribution is -0.142. The second-order valence-corrected chi connectivity index (χ2v) is 6.71. The molecule has 0 saturated carbocycles. The predicted octanol–water partition coefficient (Wildman–Crippen LogP) is 1.51. The molecule has 1 saturated heterocycles. The van der Waals surface area contributed by atoms with E-state index >= 15 is 0 Å². The van der Waals surface area contributed by atoms with E-state index in [1.807, 2.05) is 35.2 Å². The number of rotatable bonds is 3. The van der Waals surface area contributed by atoms with Gasteiger partial charge in [0.25, 0.3) is 5.91 Å². The molecular formula is C20H21N3O3. The van der Waals surface area contributed by atoms with Gasteiger partial charge in [-0.05, 0) is 29.3 Å². The van der Waals surface area contributed by atoms with Crippen molar-refractivity contribution in [2.75, 3.05) is 26.2 Å². The average molecular weight is 351 g/mol. The molecule has 6 heteroatoms. The number of piperazine rings is 1. The van der Waals surface area contributed by atoms with Gasteiger partial charge in [0.1, 0.15) is 0 Å². The molecule has 1 aromatic heterocycles. The van der Waals surface area contributed by atoms with Gasteiger partial charge in [-0.2, -0.15) is 0 Å². The number of carbonyl (C=O) groups is 2. The second-order valence-electron chi connectivity index (χ2n) is 6.71. The van der Waals surface area contributed by atoms with Crippen LogP contribution in [0, 0.1) is 0 Å². The highest BCUT2D eigenvalue weighted by Gasteiger charge is 2.34. The summed E-state index contributed by atoms with van der Waals surface area (Å²) in [4.78, 5) is 33.1. The fourth-order valence-corrected chi connectivity index (χ4v) is 3.55. The zero-order valence-electron chi connectivity index (χ0n) is 14.5. The lowest BCUT2D eigenvalue weighted by Gasteiger charge is -2.37. The smallest absolute Gasteiger partial charge is 0.339 e. The average Bonchev–Trinajstić information content (AvgIpc) is 2.69. The van der Waals surface area contributed by atoms with E-state index < -0.39 is 12.1 Å². The quantitative estimate of drug-likeness (QED) is 0.785. The summed E-state index contributed by atoms with van der Waals surface area (Å²) in [5, 5.41) is 0. The maximum atomic E-state index is 12.8. The molecule has 1 fully saturated rings. The first-order valence-electron chi connectivity index (χ1n) is 8.89. The second kappa shape index (κ2) is 7.25. The topological polar surface area (TPSA) is 62.7 Å². The monoisotopic (exact) mass is 351 g/mol. The first-order chi connectivity index (χ1) is 12.7. The molecule has 1 aromatic carbocycles. The van der Waals surface area contributed by atoms with Gasteiger partial charge in [-0.3, -0.25) is 14.7 Å². The Labute approximate surface area is 152 Å². The Kier molecular flexibility index (Phi) is 4.67. The fraction of sp³-hybridized carbons (Fsp3) is 0.350. The maximum Gasteiger partial charge on any atom is 0.339 e. The lowest BCUT2D eigenvalue weighted by atomic mass is 9.98. The molecule has 2 aromatic rings. The molecule has 134 valence electrons. The number of aromatic nitrogens is 1. The van der Waals surface area contributed by atoms with Crippen LogP contribution in [-0.2, 0) is 22.5 Å². The molecule has 0 aliphatic carbocycles. The zero-order chi connectivity index (χ0) is 17.9. The molecular weight excluding hydrogens is 330 g/mol. The largest absolute Gasteiger partial charge is 0.448 e. The van der Waals surface area contributed by atoms with Crippen molar-refractivity contribution in [3.63, 3.8) is 0 Å². The van der Waals surface area contributed by atoms with Gasteiger partial charge in [-0.15, -0.1) is 0 Å². The number of fused-ring (bicyclic) bond motifs is 1. The standard InChI is InChI=1S/C20H21N3O3/c24-19(18-13-16-3-1-2-4-17(16)20(25)26-18)23-11-9-22(10-12-23)14-15-5-7-21-8-6-15/h1-8,18H,9-14H2. The fourth-order valence-electron chi connectivity index (χ4n) is 3.55. The Morgan fingerprint density at radius 3 is 2.58 bits per heavy atom. The van der Waals surface area contributed by atoms with Gasteiger partial charge in [0, 0.05) is 51.5 Å². The number of hydrogen-bond acceptors (Lipinski definition) is 5. The van der Waals surface area contributed by atoms with Crippen LogP contribution >= 0.6 is 0 Å². The van der Waals surface area contributed by atoms with Crippen molar-refractivity contribution in [1.82, 2.24) is 14.8 Å². The van der Waals surface area contributed by atoms with Crippen molar-refractivity contribution in [3.8, 4) is 0 Å². The number of hydrogen-bond donors (Lipinski definition) is 0. The van der Waals surface area contributed by atoms with E-state index in [1.165, 1.54) is 5.56 Å². The molecule has 4 rings (SSSR count). The third-order valence-electron chi connectivity index (χ3n) is 5.01. The van der Waals surface area contributed by atoms with Crippen molar-refractivity contribution < 1.29 is 14.3 Å². The number of pyridine rings is 1. The molecule has 1 unspecified atom stereocenters. The first-order valence-corrected chi connectivity index (χ1v) is 8.89. The molecule has 0 radical (unpaired) electrons. The number of carbonyl (C=O) groups excluding carboxylic acids is 2. The summed E-state index contributed by atoms with van der Waals surface area (Å²) in [5.41, 5.74) is 2.68. The molecule has 2 aliphatic heterocycles. The number of esters is 1. The van der Waals surface area contributed by atoms with Gasteiger partial charge in [-0.25, -0.2) is 4.79 Å². The van der Waals surface area contributed by atoms with Crippen LogP contribution in [0.15, 0.2) is 48.8 Å². The number of amides is 1. The highest BCUT2D eigenvalue weighted by molar-refractivity contribution is 5.95. The minimum atomic E-state index is -0.704. The highest BCUT2D eigenvalue weighted by Crippen LogP contribution is 2.22. The Morgan fingerprint density at radius 2 is 1.81 bits per heavy atom. The van der Waals surface area contributed by atoms with Crippen molar-refractivity contribution in [2.45, 2.75) is 19.1 Å². The van der Waals surface area contributed by atoms with Gasteiger partial charge >= 0.3 is 5.97 Å². The first kappa shape index (κ1) is 16.7. The molecule has 1 atom stereocenters. The van der Waals surface area contributed by atoms with E-state index in [9.17, 15) is 9.59 Å². The van der Waals surface area contributed by atoms with Crippen LogP contribution in [0.5, 0.6) is 0 Å². The molecule has 2 aliphatic rings. The van der Waals surface area contributed by atoms with Gasteiger partial charge < -0.3 is 9.64 Å².